The van der Waals surface area contributed by atoms with Crippen LogP contribution < -0.4 is 10.7 Å². The van der Waals surface area contributed by atoms with Gasteiger partial charge in [-0.15, -0.1) is 0 Å². The highest BCUT2D eigenvalue weighted by molar-refractivity contribution is 6.34. The number of alkyl halides is 3. The van der Waals surface area contributed by atoms with Gasteiger partial charge in [-0.05, 0) is 29.7 Å². The van der Waals surface area contributed by atoms with Gasteiger partial charge in [0.05, 0.1) is 34.2 Å². The maximum atomic E-state index is 15.0. The lowest BCUT2D eigenvalue weighted by Crippen LogP contribution is -2.16. The van der Waals surface area contributed by atoms with E-state index in [1.165, 1.54) is 6.07 Å². The summed E-state index contributed by atoms with van der Waals surface area (Å²) in [6, 6.07) is 9.98. The van der Waals surface area contributed by atoms with Crippen LogP contribution in [0.25, 0.3) is 22.0 Å². The molecule has 0 radical (unpaired) electrons. The van der Waals surface area contributed by atoms with E-state index in [1.807, 2.05) is 12.1 Å². The van der Waals surface area contributed by atoms with E-state index in [0.717, 1.165) is 30.1 Å². The molecule has 0 saturated carbocycles. The maximum absolute atomic E-state index is 15.0. The summed E-state index contributed by atoms with van der Waals surface area (Å²) in [5.74, 6) is -2.28. The van der Waals surface area contributed by atoms with Crippen LogP contribution in [0.5, 0.6) is 0 Å². The van der Waals surface area contributed by atoms with Gasteiger partial charge in [0.2, 0.25) is 0 Å². The summed E-state index contributed by atoms with van der Waals surface area (Å²) in [5, 5.41) is 13.3. The number of aromatic amines is 1. The van der Waals surface area contributed by atoms with Crippen molar-refractivity contribution < 1.29 is 22.4 Å². The normalized spacial score (nSPS) is 11.7. The molecule has 0 aliphatic rings. The molecule has 0 unspecified atom stereocenters. The minimum Gasteiger partial charge on any atom is -0.361 e. The lowest BCUT2D eigenvalue weighted by molar-refractivity contribution is -0.137. The molecule has 0 saturated heterocycles. The van der Waals surface area contributed by atoms with Crippen molar-refractivity contribution in [1.82, 2.24) is 9.97 Å². The monoisotopic (exact) mass is 502 g/mol. The number of carbonyl (C=O) groups is 1. The fourth-order valence-electron chi connectivity index (χ4n) is 3.41. The highest BCUT2D eigenvalue weighted by Crippen LogP contribution is 2.36. The first-order valence-electron chi connectivity index (χ1n) is 9.91. The van der Waals surface area contributed by atoms with Gasteiger partial charge in [0.1, 0.15) is 11.4 Å². The predicted molar refractivity (Wildman–Crippen MR) is 127 cm³/mol. The molecule has 4 N–H and O–H groups in total. The number of H-pyrrole nitrogens is 1. The molecule has 0 spiro atoms. The van der Waals surface area contributed by atoms with E-state index in [-0.39, 0.29) is 21.8 Å². The summed E-state index contributed by atoms with van der Waals surface area (Å²) in [6.45, 7) is 0. The van der Waals surface area contributed by atoms with E-state index >= 15 is 4.39 Å². The Morgan fingerprint density at radius 3 is 2.71 bits per heavy atom. The second-order valence-corrected chi connectivity index (χ2v) is 7.60. The third-order valence-electron chi connectivity index (χ3n) is 4.95. The molecule has 4 aromatic rings. The number of hydrogen-bond donors (Lipinski definition) is 4. The molecule has 178 valence electrons. The number of halogens is 5. The summed E-state index contributed by atoms with van der Waals surface area (Å²) in [7, 11) is 0. The summed E-state index contributed by atoms with van der Waals surface area (Å²) < 4.78 is 55.4. The molecular weight excluding hydrogens is 488 g/mol. The quantitative estimate of drug-likeness (QED) is 0.140. The molecule has 0 bridgehead atoms. The predicted octanol–water partition coefficient (Wildman–Crippen LogP) is 6.34. The molecule has 0 atom stereocenters. The largest absolute Gasteiger partial charge is 0.420 e. The minimum atomic E-state index is -4.82. The van der Waals surface area contributed by atoms with Crippen LogP contribution in [0.15, 0.2) is 60.0 Å². The summed E-state index contributed by atoms with van der Waals surface area (Å²) in [4.78, 5) is 19.4. The molecule has 2 aromatic heterocycles. The molecule has 0 fully saturated rings. The fraction of sp³-hybridized carbons (Fsp3) is 0.0435. The van der Waals surface area contributed by atoms with Gasteiger partial charge in [-0.1, -0.05) is 29.8 Å². The number of pyridine rings is 1. The Bertz CT molecular complexity index is 1460. The van der Waals surface area contributed by atoms with Crippen LogP contribution in [0.2, 0.25) is 5.02 Å². The summed E-state index contributed by atoms with van der Waals surface area (Å²) in [5.41, 5.74) is 1.69. The first-order chi connectivity index (χ1) is 16.7. The van der Waals surface area contributed by atoms with Crippen molar-refractivity contribution in [3.63, 3.8) is 0 Å². The lowest BCUT2D eigenvalue weighted by Gasteiger charge is -2.14. The zero-order valence-electron chi connectivity index (χ0n) is 17.5. The van der Waals surface area contributed by atoms with E-state index in [0.29, 0.717) is 17.1 Å². The van der Waals surface area contributed by atoms with E-state index < -0.39 is 29.3 Å². The van der Waals surface area contributed by atoms with Crippen LogP contribution in [0, 0.1) is 11.2 Å². The zero-order chi connectivity index (χ0) is 25.2. The van der Waals surface area contributed by atoms with Crippen LogP contribution in [0.3, 0.4) is 0 Å². The number of nitrogens with zero attached hydrogens (tertiary/aromatic N) is 2. The lowest BCUT2D eigenvalue weighted by atomic mass is 10.0. The number of hydrazone groups is 1. The van der Waals surface area contributed by atoms with Crippen molar-refractivity contribution in [3.05, 3.63) is 76.8 Å². The molecule has 1 amide bonds. The molecule has 0 aliphatic carbocycles. The van der Waals surface area contributed by atoms with E-state index in [1.54, 1.807) is 18.3 Å². The van der Waals surface area contributed by atoms with Crippen molar-refractivity contribution >= 4 is 52.3 Å². The van der Waals surface area contributed by atoms with Crippen molar-refractivity contribution in [2.75, 3.05) is 10.7 Å². The second kappa shape index (κ2) is 9.55. The number of amides is 1. The van der Waals surface area contributed by atoms with Gasteiger partial charge >= 0.3 is 6.18 Å². The van der Waals surface area contributed by atoms with Crippen molar-refractivity contribution in [1.29, 1.82) is 5.41 Å². The molecule has 35 heavy (non-hydrogen) atoms. The zero-order valence-corrected chi connectivity index (χ0v) is 18.3. The number of nitrogens with one attached hydrogen (secondary N) is 4. The number of anilines is 2. The highest BCUT2D eigenvalue weighted by atomic mass is 35.5. The minimum absolute atomic E-state index is 0.0919. The van der Waals surface area contributed by atoms with Gasteiger partial charge in [0.25, 0.3) is 5.91 Å². The van der Waals surface area contributed by atoms with Crippen LogP contribution in [0.1, 0.15) is 15.9 Å². The Labute approximate surface area is 200 Å². The molecule has 12 heteroatoms. The van der Waals surface area contributed by atoms with Gasteiger partial charge in [-0.3, -0.25) is 10.2 Å². The molecule has 0 aliphatic heterocycles. The number of hydrogen-bond acceptors (Lipinski definition) is 5. The summed E-state index contributed by atoms with van der Waals surface area (Å²) in [6.07, 6.45) is -0.449. The Kier molecular flexibility index (Phi) is 6.52. The van der Waals surface area contributed by atoms with Crippen LogP contribution in [-0.2, 0) is 6.18 Å². The molecule has 2 aromatic carbocycles. The van der Waals surface area contributed by atoms with Crippen molar-refractivity contribution in [2.45, 2.75) is 6.18 Å². The van der Waals surface area contributed by atoms with Crippen molar-refractivity contribution in [3.8, 4) is 11.1 Å². The topological polar surface area (TPSA) is 106 Å². The van der Waals surface area contributed by atoms with Gasteiger partial charge < -0.3 is 15.7 Å². The number of rotatable bonds is 6. The first-order valence-corrected chi connectivity index (χ1v) is 10.3. The Hall–Kier alpha value is -4.25. The smallest absolute Gasteiger partial charge is 0.361 e. The maximum Gasteiger partial charge on any atom is 0.420 e. The van der Waals surface area contributed by atoms with E-state index in [4.69, 9.17) is 17.0 Å². The Morgan fingerprint density at radius 1 is 1.17 bits per heavy atom. The second-order valence-electron chi connectivity index (χ2n) is 7.19. The number of carbonyl (C=O) groups excluding carboxylic acids is 1. The average molecular weight is 503 g/mol. The van der Waals surface area contributed by atoms with Crippen LogP contribution in [-0.4, -0.2) is 28.3 Å². The van der Waals surface area contributed by atoms with E-state index in [9.17, 15) is 18.0 Å². The van der Waals surface area contributed by atoms with Crippen LogP contribution in [0.4, 0.5) is 29.1 Å². The van der Waals surface area contributed by atoms with E-state index in [2.05, 4.69) is 25.8 Å². The Morgan fingerprint density at radius 2 is 1.97 bits per heavy atom. The number of fused-ring (bicyclic) bond motifs is 1. The fourth-order valence-corrected chi connectivity index (χ4v) is 3.66. The summed E-state index contributed by atoms with van der Waals surface area (Å²) >= 11 is 6.26. The molecular formula is C23H15ClF4N6O. The van der Waals surface area contributed by atoms with Crippen LogP contribution >= 0.6 is 11.6 Å². The molecule has 4 rings (SSSR count). The van der Waals surface area contributed by atoms with Gasteiger partial charge in [0, 0.05) is 23.5 Å². The van der Waals surface area contributed by atoms with Gasteiger partial charge in [-0.25, -0.2) is 9.37 Å². The number of para-hydroxylation sites is 1. The SMILES string of the molecule is N=C/C=N\Nc1ncc(NC(=O)c2cc(F)c(-c3cccc4cc[nH]c34)cc2Cl)cc1C(F)(F)F. The molecule has 2 heterocycles. The van der Waals surface area contributed by atoms with Crippen molar-refractivity contribution in [2.24, 2.45) is 5.10 Å². The standard InChI is InChI=1S/C23H15ClF4N6O/c24-18-9-15(14-3-1-2-12-4-6-30-20(12)14)19(25)10-16(18)22(35)33-13-8-17(23(26,27)28)21(31-11-13)34-32-7-5-29/h1-11,29-30H,(H,31,34)(H,33,35)/b29-5?,32-7-. The third kappa shape index (κ3) is 4.99. The van der Waals surface area contributed by atoms with Gasteiger partial charge in [-0.2, -0.15) is 18.3 Å². The highest BCUT2D eigenvalue weighted by Gasteiger charge is 2.35. The first kappa shape index (κ1) is 23.9. The Balaban J connectivity index is 1.64. The number of aromatic nitrogens is 2. The average Bonchev–Trinajstić information content (AvgIpc) is 3.30. The third-order valence-corrected chi connectivity index (χ3v) is 5.26. The number of benzene rings is 2. The molecule has 7 nitrogen and oxygen atoms in total. The van der Waals surface area contributed by atoms with Gasteiger partial charge in [0.15, 0.2) is 5.82 Å².